The molecule has 1 atom stereocenters. The lowest BCUT2D eigenvalue weighted by atomic mass is 10.1. The molecule has 0 aliphatic carbocycles. The minimum absolute atomic E-state index is 0.0398. The standard InChI is InChI=1S/C18H21ClN2O4S/c1-3-21(15-7-8-26(23,24)11-15)17(22)10-16-12(2)25-18(20-16)13-5-4-6-14(19)9-13/h4-6,9,15H,3,7-8,10-11H2,1-2H3. The number of halogens is 1. The summed E-state index contributed by atoms with van der Waals surface area (Å²) < 4.78 is 29.1. The first-order valence-corrected chi connectivity index (χ1v) is 10.7. The zero-order valence-corrected chi connectivity index (χ0v) is 16.3. The monoisotopic (exact) mass is 396 g/mol. The summed E-state index contributed by atoms with van der Waals surface area (Å²) in [6.07, 6.45) is 0.577. The van der Waals surface area contributed by atoms with Crippen molar-refractivity contribution in [3.05, 3.63) is 40.7 Å². The van der Waals surface area contributed by atoms with Crippen molar-refractivity contribution in [3.8, 4) is 11.5 Å². The normalized spacial score (nSPS) is 18.8. The second-order valence-corrected chi connectivity index (χ2v) is 9.11. The molecule has 1 amide bonds. The Morgan fingerprint density at radius 1 is 1.42 bits per heavy atom. The van der Waals surface area contributed by atoms with Crippen LogP contribution in [-0.2, 0) is 21.1 Å². The van der Waals surface area contributed by atoms with E-state index in [1.807, 2.05) is 13.0 Å². The molecule has 2 aromatic rings. The first-order valence-electron chi connectivity index (χ1n) is 8.51. The third-order valence-electron chi connectivity index (χ3n) is 4.59. The Bertz CT molecular complexity index is 923. The lowest BCUT2D eigenvalue weighted by Crippen LogP contribution is -2.41. The molecule has 0 bridgehead atoms. The molecule has 140 valence electrons. The maximum Gasteiger partial charge on any atom is 0.228 e. The lowest BCUT2D eigenvalue weighted by molar-refractivity contribution is -0.132. The predicted molar refractivity (Wildman–Crippen MR) is 99.8 cm³/mol. The van der Waals surface area contributed by atoms with Crippen molar-refractivity contribution >= 4 is 27.3 Å². The molecule has 8 heteroatoms. The average molecular weight is 397 g/mol. The molecule has 26 heavy (non-hydrogen) atoms. The van der Waals surface area contributed by atoms with Crippen molar-refractivity contribution in [2.75, 3.05) is 18.1 Å². The Kier molecular flexibility index (Phi) is 5.39. The van der Waals surface area contributed by atoms with E-state index in [-0.39, 0.29) is 29.9 Å². The molecule has 0 N–H and O–H groups in total. The molecular formula is C18H21ClN2O4S. The van der Waals surface area contributed by atoms with Crippen LogP contribution in [0, 0.1) is 6.92 Å². The SMILES string of the molecule is CCN(C(=O)Cc1nc(-c2cccc(Cl)c2)oc1C)C1CCS(=O)(=O)C1. The molecule has 6 nitrogen and oxygen atoms in total. The average Bonchev–Trinajstić information content (AvgIpc) is 3.11. The van der Waals surface area contributed by atoms with E-state index in [0.717, 1.165) is 5.56 Å². The molecule has 1 saturated heterocycles. The summed E-state index contributed by atoms with van der Waals surface area (Å²) in [6, 6.07) is 6.91. The Labute approximate surface area is 158 Å². The second-order valence-electron chi connectivity index (χ2n) is 6.45. The quantitative estimate of drug-likeness (QED) is 0.776. The number of hydrogen-bond acceptors (Lipinski definition) is 5. The Morgan fingerprint density at radius 3 is 2.81 bits per heavy atom. The zero-order valence-electron chi connectivity index (χ0n) is 14.7. The fourth-order valence-corrected chi connectivity index (χ4v) is 5.16. The van der Waals surface area contributed by atoms with Crippen molar-refractivity contribution in [2.24, 2.45) is 0 Å². The van der Waals surface area contributed by atoms with Gasteiger partial charge in [-0.15, -0.1) is 0 Å². The summed E-state index contributed by atoms with van der Waals surface area (Å²) in [5.74, 6) is 1.04. The number of nitrogens with zero attached hydrogens (tertiary/aromatic N) is 2. The molecule has 0 saturated carbocycles. The van der Waals surface area contributed by atoms with E-state index in [9.17, 15) is 13.2 Å². The predicted octanol–water partition coefficient (Wildman–Crippen LogP) is 2.88. The van der Waals surface area contributed by atoms with Crippen molar-refractivity contribution in [1.29, 1.82) is 0 Å². The van der Waals surface area contributed by atoms with Gasteiger partial charge in [-0.3, -0.25) is 4.79 Å². The minimum Gasteiger partial charge on any atom is -0.441 e. The fraction of sp³-hybridized carbons (Fsp3) is 0.444. The van der Waals surface area contributed by atoms with Gasteiger partial charge in [0.15, 0.2) is 9.84 Å². The van der Waals surface area contributed by atoms with Gasteiger partial charge >= 0.3 is 0 Å². The summed E-state index contributed by atoms with van der Waals surface area (Å²) in [6.45, 7) is 4.09. The summed E-state index contributed by atoms with van der Waals surface area (Å²) in [7, 11) is -3.04. The molecule has 2 heterocycles. The van der Waals surface area contributed by atoms with Gasteiger partial charge < -0.3 is 9.32 Å². The Morgan fingerprint density at radius 2 is 2.19 bits per heavy atom. The van der Waals surface area contributed by atoms with Crippen LogP contribution in [0.2, 0.25) is 5.02 Å². The summed E-state index contributed by atoms with van der Waals surface area (Å²) >= 11 is 6.00. The molecule has 1 unspecified atom stereocenters. The fourth-order valence-electron chi connectivity index (χ4n) is 3.24. The van der Waals surface area contributed by atoms with E-state index in [0.29, 0.717) is 35.3 Å². The summed E-state index contributed by atoms with van der Waals surface area (Å²) in [4.78, 5) is 18.8. The van der Waals surface area contributed by atoms with Gasteiger partial charge in [-0.2, -0.15) is 0 Å². The summed E-state index contributed by atoms with van der Waals surface area (Å²) in [5.41, 5.74) is 1.30. The van der Waals surface area contributed by atoms with Gasteiger partial charge in [0.2, 0.25) is 11.8 Å². The Hall–Kier alpha value is -1.86. The second kappa shape index (κ2) is 7.40. The molecule has 1 fully saturated rings. The number of aromatic nitrogens is 1. The topological polar surface area (TPSA) is 80.5 Å². The van der Waals surface area contributed by atoms with E-state index < -0.39 is 9.84 Å². The molecule has 1 aliphatic heterocycles. The van der Waals surface area contributed by atoms with Crippen LogP contribution in [0.5, 0.6) is 0 Å². The van der Waals surface area contributed by atoms with Crippen molar-refractivity contribution in [2.45, 2.75) is 32.7 Å². The number of aryl methyl sites for hydroxylation is 1. The number of oxazole rings is 1. The van der Waals surface area contributed by atoms with Crippen LogP contribution < -0.4 is 0 Å². The molecule has 0 spiro atoms. The van der Waals surface area contributed by atoms with Crippen LogP contribution in [0.15, 0.2) is 28.7 Å². The number of amides is 1. The molecule has 1 aliphatic rings. The van der Waals surface area contributed by atoms with E-state index in [2.05, 4.69) is 4.98 Å². The highest BCUT2D eigenvalue weighted by Gasteiger charge is 2.34. The number of carbonyl (C=O) groups excluding carboxylic acids is 1. The van der Waals surface area contributed by atoms with E-state index >= 15 is 0 Å². The maximum atomic E-state index is 12.7. The van der Waals surface area contributed by atoms with Gasteiger partial charge in [-0.1, -0.05) is 17.7 Å². The van der Waals surface area contributed by atoms with Gasteiger partial charge in [0.05, 0.1) is 23.6 Å². The lowest BCUT2D eigenvalue weighted by Gasteiger charge is -2.26. The van der Waals surface area contributed by atoms with Crippen LogP contribution in [0.4, 0.5) is 0 Å². The first kappa shape index (κ1) is 18.9. The van der Waals surface area contributed by atoms with Gasteiger partial charge in [0, 0.05) is 23.2 Å². The van der Waals surface area contributed by atoms with Crippen LogP contribution in [0.1, 0.15) is 24.8 Å². The highest BCUT2D eigenvalue weighted by atomic mass is 35.5. The number of carbonyl (C=O) groups is 1. The molecular weight excluding hydrogens is 376 g/mol. The molecule has 1 aromatic carbocycles. The number of sulfone groups is 1. The van der Waals surface area contributed by atoms with Crippen LogP contribution in [0.3, 0.4) is 0 Å². The molecule has 1 aromatic heterocycles. The van der Waals surface area contributed by atoms with Gasteiger partial charge in [0.1, 0.15) is 5.76 Å². The highest BCUT2D eigenvalue weighted by Crippen LogP contribution is 2.25. The highest BCUT2D eigenvalue weighted by molar-refractivity contribution is 7.91. The number of benzene rings is 1. The largest absolute Gasteiger partial charge is 0.441 e. The zero-order chi connectivity index (χ0) is 18.9. The van der Waals surface area contributed by atoms with Crippen molar-refractivity contribution in [3.63, 3.8) is 0 Å². The van der Waals surface area contributed by atoms with Gasteiger partial charge in [0.25, 0.3) is 0 Å². The number of likely N-dealkylation sites (N-methyl/N-ethyl adjacent to an activating group) is 1. The van der Waals surface area contributed by atoms with Crippen LogP contribution in [0.25, 0.3) is 11.5 Å². The summed E-state index contributed by atoms with van der Waals surface area (Å²) in [5, 5.41) is 0.579. The third-order valence-corrected chi connectivity index (χ3v) is 6.58. The minimum atomic E-state index is -3.04. The van der Waals surface area contributed by atoms with Crippen molar-refractivity contribution < 1.29 is 17.6 Å². The van der Waals surface area contributed by atoms with Gasteiger partial charge in [-0.25, -0.2) is 13.4 Å². The van der Waals surface area contributed by atoms with Crippen LogP contribution in [-0.4, -0.2) is 48.3 Å². The smallest absolute Gasteiger partial charge is 0.228 e. The molecule has 3 rings (SSSR count). The maximum absolute atomic E-state index is 12.7. The number of hydrogen-bond donors (Lipinski definition) is 0. The number of rotatable bonds is 5. The molecule has 0 radical (unpaired) electrons. The van der Waals surface area contributed by atoms with E-state index in [4.69, 9.17) is 16.0 Å². The first-order chi connectivity index (χ1) is 12.3. The van der Waals surface area contributed by atoms with Crippen molar-refractivity contribution in [1.82, 2.24) is 9.88 Å². The van der Waals surface area contributed by atoms with E-state index in [1.54, 1.807) is 30.0 Å². The van der Waals surface area contributed by atoms with Gasteiger partial charge in [-0.05, 0) is 38.5 Å². The van der Waals surface area contributed by atoms with E-state index in [1.165, 1.54) is 0 Å². The van der Waals surface area contributed by atoms with Crippen LogP contribution >= 0.6 is 11.6 Å². The Balaban J connectivity index is 1.77. The third kappa shape index (κ3) is 4.10.